The lowest BCUT2D eigenvalue weighted by Gasteiger charge is -2.11. The maximum absolute atomic E-state index is 13.7. The lowest BCUT2D eigenvalue weighted by molar-refractivity contribution is -0.0494. The Hall–Kier alpha value is -2.31. The summed E-state index contributed by atoms with van der Waals surface area (Å²) in [5.74, 6) is -0.525. The standard InChI is InChI=1S/C13H12F3N3O/c1-7-10(14)12(17-2)19-11(18-7)8-5-3-4-6-9(8)20-13(15)16/h3-6,13H,1-2H3,(H,17,18,19). The molecule has 4 nitrogen and oxygen atoms in total. The van der Waals surface area contributed by atoms with E-state index in [0.29, 0.717) is 0 Å². The van der Waals surface area contributed by atoms with E-state index < -0.39 is 12.4 Å². The molecule has 0 aliphatic heterocycles. The minimum Gasteiger partial charge on any atom is -0.434 e. The van der Waals surface area contributed by atoms with Gasteiger partial charge in [-0.05, 0) is 19.1 Å². The van der Waals surface area contributed by atoms with Crippen molar-refractivity contribution in [2.24, 2.45) is 0 Å². The first-order valence-electron chi connectivity index (χ1n) is 5.79. The molecule has 7 heteroatoms. The van der Waals surface area contributed by atoms with E-state index in [1.165, 1.54) is 26.1 Å². The van der Waals surface area contributed by atoms with Crippen molar-refractivity contribution >= 4 is 5.82 Å². The zero-order valence-corrected chi connectivity index (χ0v) is 10.8. The molecule has 1 aromatic heterocycles. The van der Waals surface area contributed by atoms with Gasteiger partial charge in [0.25, 0.3) is 0 Å². The second-order valence-corrected chi connectivity index (χ2v) is 3.92. The molecule has 1 heterocycles. The normalized spacial score (nSPS) is 10.7. The summed E-state index contributed by atoms with van der Waals surface area (Å²) in [7, 11) is 1.51. The Morgan fingerprint density at radius 2 is 1.90 bits per heavy atom. The van der Waals surface area contributed by atoms with Crippen LogP contribution in [0.25, 0.3) is 11.4 Å². The van der Waals surface area contributed by atoms with Crippen molar-refractivity contribution in [1.82, 2.24) is 9.97 Å². The molecule has 0 saturated carbocycles. The van der Waals surface area contributed by atoms with Gasteiger partial charge in [-0.1, -0.05) is 12.1 Å². The molecule has 2 rings (SSSR count). The van der Waals surface area contributed by atoms with E-state index in [2.05, 4.69) is 20.0 Å². The zero-order valence-electron chi connectivity index (χ0n) is 10.8. The van der Waals surface area contributed by atoms with E-state index >= 15 is 0 Å². The lowest BCUT2D eigenvalue weighted by atomic mass is 10.2. The molecule has 0 amide bonds. The van der Waals surface area contributed by atoms with Crippen LogP contribution >= 0.6 is 0 Å². The molecule has 1 aromatic carbocycles. The summed E-state index contributed by atoms with van der Waals surface area (Å²) in [5.41, 5.74) is 0.388. The number of para-hydroxylation sites is 1. The molecule has 0 aliphatic rings. The van der Waals surface area contributed by atoms with E-state index in [1.807, 2.05) is 0 Å². The summed E-state index contributed by atoms with van der Waals surface area (Å²) in [6, 6.07) is 6.09. The van der Waals surface area contributed by atoms with Crippen LogP contribution in [0.1, 0.15) is 5.69 Å². The van der Waals surface area contributed by atoms with E-state index in [-0.39, 0.29) is 28.6 Å². The van der Waals surface area contributed by atoms with Crippen molar-refractivity contribution in [2.75, 3.05) is 12.4 Å². The molecule has 1 N–H and O–H groups in total. The van der Waals surface area contributed by atoms with Crippen LogP contribution in [0.5, 0.6) is 5.75 Å². The average Bonchev–Trinajstić information content (AvgIpc) is 2.42. The van der Waals surface area contributed by atoms with Crippen LogP contribution in [-0.2, 0) is 0 Å². The third kappa shape index (κ3) is 2.81. The number of rotatable bonds is 4. The van der Waals surface area contributed by atoms with Gasteiger partial charge in [-0.15, -0.1) is 0 Å². The molecule has 0 unspecified atom stereocenters. The van der Waals surface area contributed by atoms with Crippen molar-refractivity contribution in [3.05, 3.63) is 35.8 Å². The maximum Gasteiger partial charge on any atom is 0.387 e. The molecule has 0 atom stereocenters. The number of nitrogens with zero attached hydrogens (tertiary/aromatic N) is 2. The van der Waals surface area contributed by atoms with Gasteiger partial charge in [-0.25, -0.2) is 14.4 Å². The molecular weight excluding hydrogens is 271 g/mol. The van der Waals surface area contributed by atoms with Gasteiger partial charge in [0, 0.05) is 7.05 Å². The quantitative estimate of drug-likeness (QED) is 0.935. The number of ether oxygens (including phenoxy) is 1. The number of aryl methyl sites for hydroxylation is 1. The topological polar surface area (TPSA) is 47.0 Å². The van der Waals surface area contributed by atoms with Crippen LogP contribution in [-0.4, -0.2) is 23.6 Å². The van der Waals surface area contributed by atoms with Crippen molar-refractivity contribution < 1.29 is 17.9 Å². The van der Waals surface area contributed by atoms with Crippen LogP contribution in [0, 0.1) is 12.7 Å². The number of anilines is 1. The average molecular weight is 283 g/mol. The van der Waals surface area contributed by atoms with Crippen LogP contribution in [0.4, 0.5) is 19.0 Å². The number of halogens is 3. The van der Waals surface area contributed by atoms with E-state index in [0.717, 1.165) is 0 Å². The van der Waals surface area contributed by atoms with Gasteiger partial charge in [0.05, 0.1) is 11.3 Å². The van der Waals surface area contributed by atoms with Crippen molar-refractivity contribution in [3.63, 3.8) is 0 Å². The highest BCUT2D eigenvalue weighted by Gasteiger charge is 2.16. The highest BCUT2D eigenvalue weighted by molar-refractivity contribution is 5.65. The monoisotopic (exact) mass is 283 g/mol. The Bertz CT molecular complexity index is 620. The molecular formula is C13H12F3N3O. The molecule has 0 fully saturated rings. The summed E-state index contributed by atoms with van der Waals surface area (Å²) >= 11 is 0. The second-order valence-electron chi connectivity index (χ2n) is 3.92. The third-order valence-electron chi connectivity index (χ3n) is 2.60. The van der Waals surface area contributed by atoms with Gasteiger partial charge in [-0.2, -0.15) is 8.78 Å². The summed E-state index contributed by atoms with van der Waals surface area (Å²) in [5, 5.41) is 2.59. The molecule has 0 radical (unpaired) electrons. The molecule has 20 heavy (non-hydrogen) atoms. The molecule has 0 saturated heterocycles. The van der Waals surface area contributed by atoms with Gasteiger partial charge < -0.3 is 10.1 Å². The highest BCUT2D eigenvalue weighted by atomic mass is 19.3. The molecule has 106 valence electrons. The zero-order chi connectivity index (χ0) is 14.7. The minimum absolute atomic E-state index is 0.000602. The van der Waals surface area contributed by atoms with Gasteiger partial charge >= 0.3 is 6.61 Å². The second kappa shape index (κ2) is 5.77. The first-order valence-corrected chi connectivity index (χ1v) is 5.79. The number of hydrogen-bond donors (Lipinski definition) is 1. The van der Waals surface area contributed by atoms with Gasteiger partial charge in [-0.3, -0.25) is 0 Å². The summed E-state index contributed by atoms with van der Waals surface area (Å²) < 4.78 is 42.8. The van der Waals surface area contributed by atoms with Crippen LogP contribution in [0.2, 0.25) is 0 Å². The van der Waals surface area contributed by atoms with E-state index in [9.17, 15) is 13.2 Å². The van der Waals surface area contributed by atoms with Crippen LogP contribution in [0.3, 0.4) is 0 Å². The smallest absolute Gasteiger partial charge is 0.387 e. The number of alkyl halides is 2. The Morgan fingerprint density at radius 1 is 1.20 bits per heavy atom. The Labute approximate surface area is 113 Å². The lowest BCUT2D eigenvalue weighted by Crippen LogP contribution is -2.06. The first kappa shape index (κ1) is 14.1. The maximum atomic E-state index is 13.7. The number of aromatic nitrogens is 2. The van der Waals surface area contributed by atoms with E-state index in [4.69, 9.17) is 0 Å². The summed E-state index contributed by atoms with van der Waals surface area (Å²) in [4.78, 5) is 7.94. The van der Waals surface area contributed by atoms with Crippen LogP contribution < -0.4 is 10.1 Å². The van der Waals surface area contributed by atoms with E-state index in [1.54, 1.807) is 12.1 Å². The number of hydrogen-bond acceptors (Lipinski definition) is 4. The predicted molar refractivity (Wildman–Crippen MR) is 68.3 cm³/mol. The Kier molecular flexibility index (Phi) is 4.07. The summed E-state index contributed by atoms with van der Waals surface area (Å²) in [6.45, 7) is -1.49. The Morgan fingerprint density at radius 3 is 2.55 bits per heavy atom. The molecule has 0 aliphatic carbocycles. The first-order chi connectivity index (χ1) is 9.52. The fourth-order valence-electron chi connectivity index (χ4n) is 1.70. The highest BCUT2D eigenvalue weighted by Crippen LogP contribution is 2.30. The third-order valence-corrected chi connectivity index (χ3v) is 2.60. The van der Waals surface area contributed by atoms with Gasteiger partial charge in [0.2, 0.25) is 0 Å². The van der Waals surface area contributed by atoms with Crippen molar-refractivity contribution in [2.45, 2.75) is 13.5 Å². The van der Waals surface area contributed by atoms with Crippen LogP contribution in [0.15, 0.2) is 24.3 Å². The number of benzene rings is 1. The molecule has 2 aromatic rings. The Balaban J connectivity index is 2.54. The molecule has 0 bridgehead atoms. The fourth-order valence-corrected chi connectivity index (χ4v) is 1.70. The van der Waals surface area contributed by atoms with Gasteiger partial charge in [0.1, 0.15) is 5.75 Å². The minimum atomic E-state index is -2.96. The van der Waals surface area contributed by atoms with Gasteiger partial charge in [0.15, 0.2) is 17.5 Å². The molecule has 0 spiro atoms. The SMILES string of the molecule is CNc1nc(-c2ccccc2OC(F)F)nc(C)c1F. The summed E-state index contributed by atoms with van der Waals surface area (Å²) in [6.07, 6.45) is 0. The fraction of sp³-hybridized carbons (Fsp3) is 0.231. The largest absolute Gasteiger partial charge is 0.434 e. The van der Waals surface area contributed by atoms with Crippen molar-refractivity contribution in [3.8, 4) is 17.1 Å². The predicted octanol–water partition coefficient (Wildman–Crippen LogP) is 3.23. The number of nitrogens with one attached hydrogen (secondary N) is 1. The van der Waals surface area contributed by atoms with Crippen molar-refractivity contribution in [1.29, 1.82) is 0 Å².